The van der Waals surface area contributed by atoms with E-state index in [4.69, 9.17) is 0 Å². The van der Waals surface area contributed by atoms with Gasteiger partial charge in [-0.25, -0.2) is 0 Å². The van der Waals surface area contributed by atoms with Gasteiger partial charge >= 0.3 is 0 Å². The Hall–Kier alpha value is -0.150. The summed E-state index contributed by atoms with van der Waals surface area (Å²) in [7, 11) is 0. The summed E-state index contributed by atoms with van der Waals surface area (Å²) in [6, 6.07) is 0. The maximum absolute atomic E-state index is 4.00. The number of allylic oxidation sites excluding steroid dienone is 1. The predicted octanol–water partition coefficient (Wildman–Crippen LogP) is 3.34. The highest BCUT2D eigenvalue weighted by molar-refractivity contribution is 9.11. The highest BCUT2D eigenvalue weighted by Gasteiger charge is 2.01. The van der Waals surface area contributed by atoms with Gasteiger partial charge in [0.15, 0.2) is 0 Å². The molecule has 1 heterocycles. The zero-order valence-corrected chi connectivity index (χ0v) is 9.02. The molecule has 0 fully saturated rings. The molecule has 0 saturated carbocycles. The van der Waals surface area contributed by atoms with Crippen LogP contribution in [0.2, 0.25) is 0 Å². The predicted molar refractivity (Wildman–Crippen MR) is 53.5 cm³/mol. The van der Waals surface area contributed by atoms with Crippen molar-refractivity contribution in [2.75, 3.05) is 0 Å². The number of nitrogens with zero attached hydrogens (tertiary/aromatic N) is 1. The average Bonchev–Trinajstić information content (AvgIpc) is 1.97. The molecule has 1 aromatic rings. The smallest absolute Gasteiger partial charge is 0.0413 e. The maximum Gasteiger partial charge on any atom is 0.0413 e. The van der Waals surface area contributed by atoms with E-state index in [1.54, 1.807) is 12.4 Å². The molecule has 1 nitrogen and oxygen atoms in total. The van der Waals surface area contributed by atoms with Crippen LogP contribution < -0.4 is 0 Å². The van der Waals surface area contributed by atoms with Crippen LogP contribution in [0.3, 0.4) is 0 Å². The van der Waals surface area contributed by atoms with Crippen LogP contribution in [0.4, 0.5) is 0 Å². The Morgan fingerprint density at radius 2 is 1.91 bits per heavy atom. The van der Waals surface area contributed by atoms with Gasteiger partial charge in [0, 0.05) is 21.3 Å². The first kappa shape index (κ1) is 8.94. The maximum atomic E-state index is 4.00. The van der Waals surface area contributed by atoms with E-state index in [1.807, 2.05) is 6.08 Å². The molecule has 0 bridgehead atoms. The summed E-state index contributed by atoms with van der Waals surface area (Å²) in [5, 5.41) is 0. The third-order valence-electron chi connectivity index (χ3n) is 1.30. The molecular weight excluding hydrogens is 270 g/mol. The molecule has 0 aliphatic carbocycles. The molecule has 1 aromatic heterocycles. The quantitative estimate of drug-likeness (QED) is 0.755. The average molecular weight is 277 g/mol. The fraction of sp³-hybridized carbons (Fsp3) is 0.125. The van der Waals surface area contributed by atoms with Crippen molar-refractivity contribution in [3.05, 3.63) is 39.6 Å². The second-order valence-corrected chi connectivity index (χ2v) is 3.78. The van der Waals surface area contributed by atoms with Gasteiger partial charge in [-0.3, -0.25) is 4.98 Å². The Bertz CT molecular complexity index is 251. The van der Waals surface area contributed by atoms with E-state index in [0.717, 1.165) is 15.4 Å². The number of halogens is 2. The van der Waals surface area contributed by atoms with Crippen molar-refractivity contribution in [2.24, 2.45) is 0 Å². The van der Waals surface area contributed by atoms with Crippen LogP contribution in [0.5, 0.6) is 0 Å². The molecule has 0 radical (unpaired) electrons. The molecule has 0 aliphatic rings. The van der Waals surface area contributed by atoms with E-state index in [0.29, 0.717) is 0 Å². The molecule has 1 rings (SSSR count). The standard InChI is InChI=1S/C8H7Br2N/c1-2-3-6-7(9)4-11-5-8(6)10/h2,4-5H,1,3H2. The summed E-state index contributed by atoms with van der Waals surface area (Å²) < 4.78 is 2.04. The molecule has 0 N–H and O–H groups in total. The lowest BCUT2D eigenvalue weighted by Gasteiger charge is -2.01. The van der Waals surface area contributed by atoms with Crippen LogP contribution in [-0.2, 0) is 6.42 Å². The number of hydrogen-bond acceptors (Lipinski definition) is 1. The van der Waals surface area contributed by atoms with Crippen LogP contribution in [-0.4, -0.2) is 4.98 Å². The Labute approximate surface area is 82.8 Å². The molecule has 0 spiro atoms. The molecule has 11 heavy (non-hydrogen) atoms. The fourth-order valence-corrected chi connectivity index (χ4v) is 2.03. The Morgan fingerprint density at radius 1 is 1.36 bits per heavy atom. The minimum absolute atomic E-state index is 0.851. The highest BCUT2D eigenvalue weighted by atomic mass is 79.9. The number of pyridine rings is 1. The number of hydrogen-bond donors (Lipinski definition) is 0. The van der Waals surface area contributed by atoms with Crippen molar-refractivity contribution in [1.82, 2.24) is 4.98 Å². The molecule has 0 saturated heterocycles. The highest BCUT2D eigenvalue weighted by Crippen LogP contribution is 2.24. The van der Waals surface area contributed by atoms with Crippen LogP contribution in [0.15, 0.2) is 34.0 Å². The first-order valence-corrected chi connectivity index (χ1v) is 4.73. The van der Waals surface area contributed by atoms with Gasteiger partial charge in [-0.2, -0.15) is 0 Å². The van der Waals surface area contributed by atoms with Gasteiger partial charge in [0.1, 0.15) is 0 Å². The minimum atomic E-state index is 0.851. The van der Waals surface area contributed by atoms with Gasteiger partial charge in [-0.1, -0.05) is 6.08 Å². The number of aromatic nitrogens is 1. The van der Waals surface area contributed by atoms with E-state index in [-0.39, 0.29) is 0 Å². The Kier molecular flexibility index (Phi) is 3.27. The van der Waals surface area contributed by atoms with Crippen LogP contribution in [0.1, 0.15) is 5.56 Å². The van der Waals surface area contributed by atoms with Gasteiger partial charge in [0.25, 0.3) is 0 Å². The summed E-state index contributed by atoms with van der Waals surface area (Å²) in [4.78, 5) is 4.00. The van der Waals surface area contributed by atoms with Gasteiger partial charge in [0.05, 0.1) is 0 Å². The minimum Gasteiger partial charge on any atom is -0.262 e. The first-order valence-electron chi connectivity index (χ1n) is 3.14. The molecule has 58 valence electrons. The van der Waals surface area contributed by atoms with Crippen molar-refractivity contribution < 1.29 is 0 Å². The summed E-state index contributed by atoms with van der Waals surface area (Å²) in [5.41, 5.74) is 1.19. The molecule has 0 unspecified atom stereocenters. The molecule has 0 atom stereocenters. The zero-order chi connectivity index (χ0) is 8.27. The monoisotopic (exact) mass is 275 g/mol. The van der Waals surface area contributed by atoms with Crippen LogP contribution in [0.25, 0.3) is 0 Å². The van der Waals surface area contributed by atoms with E-state index in [1.165, 1.54) is 5.56 Å². The van der Waals surface area contributed by atoms with Crippen molar-refractivity contribution in [1.29, 1.82) is 0 Å². The van der Waals surface area contributed by atoms with Crippen LogP contribution in [0, 0.1) is 0 Å². The largest absolute Gasteiger partial charge is 0.262 e. The topological polar surface area (TPSA) is 12.9 Å². The summed E-state index contributed by atoms with van der Waals surface area (Å²) in [6.45, 7) is 3.68. The van der Waals surface area contributed by atoms with E-state index in [2.05, 4.69) is 43.4 Å². The third kappa shape index (κ3) is 2.14. The lowest BCUT2D eigenvalue weighted by atomic mass is 10.2. The van der Waals surface area contributed by atoms with Crippen molar-refractivity contribution in [2.45, 2.75) is 6.42 Å². The lowest BCUT2D eigenvalue weighted by Crippen LogP contribution is -1.86. The SMILES string of the molecule is C=CCc1c(Br)cncc1Br. The molecule has 0 aromatic carbocycles. The van der Waals surface area contributed by atoms with E-state index < -0.39 is 0 Å². The Morgan fingerprint density at radius 3 is 2.36 bits per heavy atom. The van der Waals surface area contributed by atoms with E-state index in [9.17, 15) is 0 Å². The Balaban J connectivity index is 3.09. The second kappa shape index (κ2) is 4.02. The second-order valence-electron chi connectivity index (χ2n) is 2.07. The van der Waals surface area contributed by atoms with Gasteiger partial charge < -0.3 is 0 Å². The van der Waals surface area contributed by atoms with Gasteiger partial charge in [-0.05, 0) is 43.8 Å². The number of rotatable bonds is 2. The van der Waals surface area contributed by atoms with Crippen molar-refractivity contribution in [3.8, 4) is 0 Å². The fourth-order valence-electron chi connectivity index (χ4n) is 0.777. The molecule has 0 aliphatic heterocycles. The van der Waals surface area contributed by atoms with E-state index >= 15 is 0 Å². The molecular formula is C8H7Br2N. The summed E-state index contributed by atoms with van der Waals surface area (Å²) in [5.74, 6) is 0. The van der Waals surface area contributed by atoms with Crippen molar-refractivity contribution in [3.63, 3.8) is 0 Å². The van der Waals surface area contributed by atoms with Crippen molar-refractivity contribution >= 4 is 31.9 Å². The molecule has 0 amide bonds. The normalized spacial score (nSPS) is 9.64. The summed E-state index contributed by atoms with van der Waals surface area (Å²) >= 11 is 6.82. The first-order chi connectivity index (χ1) is 5.25. The lowest BCUT2D eigenvalue weighted by molar-refractivity contribution is 1.17. The third-order valence-corrected chi connectivity index (χ3v) is 2.67. The zero-order valence-electron chi connectivity index (χ0n) is 5.85. The van der Waals surface area contributed by atoms with Crippen LogP contribution >= 0.6 is 31.9 Å². The van der Waals surface area contributed by atoms with Gasteiger partial charge in [0.2, 0.25) is 0 Å². The molecule has 3 heteroatoms. The summed E-state index contributed by atoms with van der Waals surface area (Å²) in [6.07, 6.45) is 6.28. The van der Waals surface area contributed by atoms with Gasteiger partial charge in [-0.15, -0.1) is 6.58 Å².